The van der Waals surface area contributed by atoms with Gasteiger partial charge >= 0.3 is 5.97 Å². The van der Waals surface area contributed by atoms with Gasteiger partial charge in [0.2, 0.25) is 5.91 Å². The van der Waals surface area contributed by atoms with Crippen LogP contribution in [0.2, 0.25) is 0 Å². The zero-order chi connectivity index (χ0) is 15.7. The molecule has 2 N–H and O–H groups in total. The Hall–Kier alpha value is -2.41. The average molecular weight is 302 g/mol. The largest absolute Gasteiger partial charge is 0.477 e. The second kappa shape index (κ2) is 5.76. The molecule has 0 aliphatic carbocycles. The third kappa shape index (κ3) is 2.80. The van der Waals surface area contributed by atoms with Crippen LogP contribution in [-0.4, -0.2) is 56.9 Å². The van der Waals surface area contributed by atoms with E-state index in [1.807, 2.05) is 11.8 Å². The number of nitrogens with zero attached hydrogens (tertiary/aromatic N) is 3. The first-order valence-electron chi connectivity index (χ1n) is 7.26. The van der Waals surface area contributed by atoms with Gasteiger partial charge in [-0.1, -0.05) is 6.07 Å². The Labute approximate surface area is 127 Å². The maximum absolute atomic E-state index is 12.3. The van der Waals surface area contributed by atoms with E-state index in [0.717, 1.165) is 6.54 Å². The number of amides is 1. The van der Waals surface area contributed by atoms with E-state index in [0.29, 0.717) is 24.4 Å². The van der Waals surface area contributed by atoms with Crippen LogP contribution in [0.1, 0.15) is 23.1 Å². The Morgan fingerprint density at radius 2 is 2.27 bits per heavy atom. The summed E-state index contributed by atoms with van der Waals surface area (Å²) in [5.41, 5.74) is 1.26. The molecule has 0 spiro atoms. The average Bonchev–Trinajstić information content (AvgIpc) is 2.89. The molecule has 1 atom stereocenters. The zero-order valence-electron chi connectivity index (χ0n) is 12.3. The molecule has 0 aromatic carbocycles. The number of nitrogens with one attached hydrogen (secondary N) is 1. The lowest BCUT2D eigenvalue weighted by atomic mass is 10.2. The van der Waals surface area contributed by atoms with Crippen LogP contribution in [-0.2, 0) is 11.2 Å². The molecule has 1 amide bonds. The molecule has 3 rings (SSSR count). The number of rotatable bonds is 3. The minimum Gasteiger partial charge on any atom is -0.477 e. The maximum Gasteiger partial charge on any atom is 0.352 e. The van der Waals surface area contributed by atoms with E-state index in [-0.39, 0.29) is 24.1 Å². The molecule has 0 saturated carbocycles. The van der Waals surface area contributed by atoms with E-state index in [9.17, 15) is 14.7 Å². The lowest BCUT2D eigenvalue weighted by Crippen LogP contribution is -2.51. The van der Waals surface area contributed by atoms with Gasteiger partial charge in [0, 0.05) is 31.9 Å². The van der Waals surface area contributed by atoms with E-state index in [1.165, 1.54) is 10.5 Å². The molecule has 7 heteroatoms. The minimum atomic E-state index is -1.02. The monoisotopic (exact) mass is 302 g/mol. The molecule has 0 unspecified atom stereocenters. The highest BCUT2D eigenvalue weighted by molar-refractivity contribution is 5.86. The van der Waals surface area contributed by atoms with Gasteiger partial charge in [-0.2, -0.15) is 0 Å². The van der Waals surface area contributed by atoms with Crippen molar-refractivity contribution >= 4 is 17.5 Å². The van der Waals surface area contributed by atoms with Gasteiger partial charge in [-0.25, -0.2) is 9.78 Å². The number of hydrogen-bond acceptors (Lipinski definition) is 4. The number of pyridine rings is 1. The second-order valence-corrected chi connectivity index (χ2v) is 5.55. The number of aromatic carboxylic acids is 1. The molecule has 2 aromatic heterocycles. The van der Waals surface area contributed by atoms with Gasteiger partial charge in [-0.15, -0.1) is 0 Å². The van der Waals surface area contributed by atoms with Gasteiger partial charge < -0.3 is 15.3 Å². The Bertz CT molecular complexity index is 725. The summed E-state index contributed by atoms with van der Waals surface area (Å²) in [7, 11) is 0. The molecule has 3 heterocycles. The van der Waals surface area contributed by atoms with Crippen molar-refractivity contribution < 1.29 is 14.7 Å². The minimum absolute atomic E-state index is 0.0219. The number of carboxylic acids is 1. The topological polar surface area (TPSA) is 86.9 Å². The molecule has 1 saturated heterocycles. The van der Waals surface area contributed by atoms with Crippen LogP contribution in [0, 0.1) is 0 Å². The fourth-order valence-corrected chi connectivity index (χ4v) is 2.75. The van der Waals surface area contributed by atoms with Crippen molar-refractivity contribution in [2.75, 3.05) is 19.6 Å². The van der Waals surface area contributed by atoms with Crippen LogP contribution in [0.15, 0.2) is 24.4 Å². The van der Waals surface area contributed by atoms with E-state index >= 15 is 0 Å². The van der Waals surface area contributed by atoms with E-state index in [1.54, 1.807) is 18.3 Å². The Morgan fingerprint density at radius 3 is 3.00 bits per heavy atom. The highest BCUT2D eigenvalue weighted by atomic mass is 16.4. The molecule has 0 bridgehead atoms. The van der Waals surface area contributed by atoms with Crippen molar-refractivity contribution in [2.45, 2.75) is 19.4 Å². The van der Waals surface area contributed by atoms with E-state index in [4.69, 9.17) is 0 Å². The summed E-state index contributed by atoms with van der Waals surface area (Å²) < 4.78 is 1.51. The lowest BCUT2D eigenvalue weighted by molar-refractivity contribution is -0.131. The first-order chi connectivity index (χ1) is 10.5. The van der Waals surface area contributed by atoms with Crippen LogP contribution < -0.4 is 5.32 Å². The normalized spacial score (nSPS) is 18.6. The van der Waals surface area contributed by atoms with Crippen molar-refractivity contribution in [3.05, 3.63) is 35.8 Å². The molecule has 0 radical (unpaired) electrons. The highest BCUT2D eigenvalue weighted by Crippen LogP contribution is 2.11. The van der Waals surface area contributed by atoms with Gasteiger partial charge in [0.25, 0.3) is 0 Å². The van der Waals surface area contributed by atoms with Crippen LogP contribution in [0.4, 0.5) is 0 Å². The molecule has 22 heavy (non-hydrogen) atoms. The molecule has 1 fully saturated rings. The van der Waals surface area contributed by atoms with Crippen molar-refractivity contribution in [3.63, 3.8) is 0 Å². The van der Waals surface area contributed by atoms with E-state index in [2.05, 4.69) is 10.3 Å². The molecule has 7 nitrogen and oxygen atoms in total. The summed E-state index contributed by atoms with van der Waals surface area (Å²) in [6.45, 7) is 4.22. The fourth-order valence-electron chi connectivity index (χ4n) is 2.75. The number of piperazine rings is 1. The van der Waals surface area contributed by atoms with Gasteiger partial charge in [-0.3, -0.25) is 9.20 Å². The van der Waals surface area contributed by atoms with Crippen LogP contribution in [0.25, 0.3) is 5.65 Å². The summed E-state index contributed by atoms with van der Waals surface area (Å²) in [4.78, 5) is 29.7. The number of carboxylic acid groups (broad SMARTS) is 1. The molecule has 116 valence electrons. The summed E-state index contributed by atoms with van der Waals surface area (Å²) in [6, 6.07) is 5.18. The third-order valence-electron chi connectivity index (χ3n) is 3.81. The Balaban J connectivity index is 1.80. The van der Waals surface area contributed by atoms with Crippen molar-refractivity contribution in [3.8, 4) is 0 Å². The lowest BCUT2D eigenvalue weighted by Gasteiger charge is -2.31. The Morgan fingerprint density at radius 1 is 1.45 bits per heavy atom. The van der Waals surface area contributed by atoms with Crippen LogP contribution >= 0.6 is 0 Å². The van der Waals surface area contributed by atoms with Gasteiger partial charge in [0.05, 0.1) is 12.1 Å². The smallest absolute Gasteiger partial charge is 0.352 e. The highest BCUT2D eigenvalue weighted by Gasteiger charge is 2.21. The predicted molar refractivity (Wildman–Crippen MR) is 79.9 cm³/mol. The number of imidazole rings is 1. The van der Waals surface area contributed by atoms with Crippen LogP contribution in [0.5, 0.6) is 0 Å². The summed E-state index contributed by atoms with van der Waals surface area (Å²) in [5.74, 6) is -0.995. The SMILES string of the molecule is C[C@@H]1CN(C(=O)Cc2cn3c(C(=O)O)cccc3n2)CCN1. The Kier molecular flexibility index (Phi) is 3.81. The molecule has 2 aromatic rings. The van der Waals surface area contributed by atoms with E-state index < -0.39 is 5.97 Å². The number of aromatic nitrogens is 2. The van der Waals surface area contributed by atoms with Crippen molar-refractivity contribution in [1.82, 2.24) is 19.6 Å². The second-order valence-electron chi connectivity index (χ2n) is 5.55. The summed E-state index contributed by atoms with van der Waals surface area (Å²) >= 11 is 0. The first-order valence-corrected chi connectivity index (χ1v) is 7.26. The summed E-state index contributed by atoms with van der Waals surface area (Å²) in [5, 5.41) is 12.5. The van der Waals surface area contributed by atoms with Gasteiger partial charge in [0.1, 0.15) is 11.3 Å². The van der Waals surface area contributed by atoms with Crippen LogP contribution in [0.3, 0.4) is 0 Å². The first kappa shape index (κ1) is 14.5. The molecule has 1 aliphatic rings. The number of carbonyl (C=O) groups excluding carboxylic acids is 1. The van der Waals surface area contributed by atoms with Gasteiger partial charge in [0.15, 0.2) is 0 Å². The van der Waals surface area contributed by atoms with Gasteiger partial charge in [-0.05, 0) is 19.1 Å². The molecular formula is C15H18N4O3. The standard InChI is InChI=1S/C15H18N4O3/c1-10-8-18(6-5-16-10)14(20)7-11-9-19-12(15(21)22)3-2-4-13(19)17-11/h2-4,9-10,16H,5-8H2,1H3,(H,21,22)/t10-/m1/s1. The third-order valence-corrected chi connectivity index (χ3v) is 3.81. The number of fused-ring (bicyclic) bond motifs is 1. The quantitative estimate of drug-likeness (QED) is 0.857. The molecule has 1 aliphatic heterocycles. The predicted octanol–water partition coefficient (Wildman–Crippen LogP) is 0.395. The van der Waals surface area contributed by atoms with Crippen molar-refractivity contribution in [2.24, 2.45) is 0 Å². The van der Waals surface area contributed by atoms with Crippen molar-refractivity contribution in [1.29, 1.82) is 0 Å². The maximum atomic E-state index is 12.3. The number of hydrogen-bond donors (Lipinski definition) is 2. The zero-order valence-corrected chi connectivity index (χ0v) is 12.3. The fraction of sp³-hybridized carbons (Fsp3) is 0.400. The molecular weight excluding hydrogens is 284 g/mol. The number of carbonyl (C=O) groups is 2. The summed E-state index contributed by atoms with van der Waals surface area (Å²) in [6.07, 6.45) is 1.82.